The van der Waals surface area contributed by atoms with Gasteiger partial charge in [0.25, 0.3) is 0 Å². The van der Waals surface area contributed by atoms with E-state index in [0.717, 1.165) is 37.4 Å². The van der Waals surface area contributed by atoms with Crippen LogP contribution in [0, 0.1) is 0 Å². The van der Waals surface area contributed by atoms with Crippen molar-refractivity contribution < 1.29 is 14.3 Å². The van der Waals surface area contributed by atoms with E-state index >= 15 is 0 Å². The van der Waals surface area contributed by atoms with Gasteiger partial charge in [-0.15, -0.1) is 0 Å². The molecule has 0 spiro atoms. The maximum Gasteiger partial charge on any atom is 0.238 e. The van der Waals surface area contributed by atoms with Gasteiger partial charge < -0.3 is 19.7 Å². The largest absolute Gasteiger partial charge is 0.497 e. The normalized spacial score (nSPS) is 14.9. The summed E-state index contributed by atoms with van der Waals surface area (Å²) in [5.74, 6) is 2.37. The average Bonchev–Trinajstić information content (AvgIpc) is 2.69. The van der Waals surface area contributed by atoms with Crippen LogP contribution in [0.3, 0.4) is 0 Å². The van der Waals surface area contributed by atoms with Crippen molar-refractivity contribution in [3.05, 3.63) is 42.4 Å². The minimum Gasteiger partial charge on any atom is -0.497 e. The number of rotatable bonds is 6. The molecule has 1 amide bonds. The molecule has 26 heavy (non-hydrogen) atoms. The van der Waals surface area contributed by atoms with Crippen LogP contribution in [-0.2, 0) is 4.79 Å². The van der Waals surface area contributed by atoms with Crippen molar-refractivity contribution in [2.45, 2.75) is 18.8 Å². The van der Waals surface area contributed by atoms with Crippen molar-refractivity contribution >= 4 is 5.91 Å². The molecule has 1 saturated heterocycles. The number of amides is 1. The van der Waals surface area contributed by atoms with Crippen molar-refractivity contribution in [2.75, 3.05) is 33.8 Å². The molecule has 1 aromatic heterocycles. The summed E-state index contributed by atoms with van der Waals surface area (Å²) in [4.78, 5) is 22.7. The SMILES string of the molecule is CNCC(=O)N1CCC(c2cncc(Oc3ccc(OC)cc3)n2)CC1. The Morgan fingerprint density at radius 1 is 1.19 bits per heavy atom. The molecule has 7 heteroatoms. The van der Waals surface area contributed by atoms with E-state index in [0.29, 0.717) is 24.1 Å². The lowest BCUT2D eigenvalue weighted by Crippen LogP contribution is -2.42. The predicted octanol–water partition coefficient (Wildman–Crippen LogP) is 2.20. The highest BCUT2D eigenvalue weighted by Crippen LogP contribution is 2.28. The Morgan fingerprint density at radius 3 is 2.54 bits per heavy atom. The number of nitrogens with one attached hydrogen (secondary N) is 1. The Morgan fingerprint density at radius 2 is 1.88 bits per heavy atom. The van der Waals surface area contributed by atoms with E-state index in [1.54, 1.807) is 26.6 Å². The second-order valence-corrected chi connectivity index (χ2v) is 6.25. The van der Waals surface area contributed by atoms with Gasteiger partial charge in [-0.1, -0.05) is 0 Å². The Bertz CT molecular complexity index is 728. The van der Waals surface area contributed by atoms with Gasteiger partial charge in [-0.25, -0.2) is 4.98 Å². The van der Waals surface area contributed by atoms with Crippen LogP contribution < -0.4 is 14.8 Å². The second-order valence-electron chi connectivity index (χ2n) is 6.25. The van der Waals surface area contributed by atoms with Crippen LogP contribution in [0.1, 0.15) is 24.5 Å². The highest BCUT2D eigenvalue weighted by atomic mass is 16.5. The first-order chi connectivity index (χ1) is 12.7. The fraction of sp³-hybridized carbons (Fsp3) is 0.421. The number of nitrogens with zero attached hydrogens (tertiary/aromatic N) is 3. The van der Waals surface area contributed by atoms with Crippen molar-refractivity contribution in [3.8, 4) is 17.4 Å². The second kappa shape index (κ2) is 8.62. The van der Waals surface area contributed by atoms with Crippen molar-refractivity contribution in [3.63, 3.8) is 0 Å². The van der Waals surface area contributed by atoms with Crippen LogP contribution in [0.5, 0.6) is 17.4 Å². The van der Waals surface area contributed by atoms with Crippen molar-refractivity contribution in [1.29, 1.82) is 0 Å². The minimum absolute atomic E-state index is 0.147. The number of likely N-dealkylation sites (N-methyl/N-ethyl adjacent to an activating group) is 1. The Labute approximate surface area is 153 Å². The Hall–Kier alpha value is -2.67. The van der Waals surface area contributed by atoms with Crippen LogP contribution in [0.4, 0.5) is 0 Å². The van der Waals surface area contributed by atoms with Gasteiger partial charge in [-0.3, -0.25) is 9.78 Å². The van der Waals surface area contributed by atoms with E-state index in [4.69, 9.17) is 9.47 Å². The quantitative estimate of drug-likeness (QED) is 0.855. The number of hydrogen-bond acceptors (Lipinski definition) is 6. The molecule has 1 aliphatic rings. The first-order valence-corrected chi connectivity index (χ1v) is 8.76. The zero-order valence-corrected chi connectivity index (χ0v) is 15.1. The Balaban J connectivity index is 1.61. The van der Waals surface area contributed by atoms with E-state index in [2.05, 4.69) is 15.3 Å². The summed E-state index contributed by atoms with van der Waals surface area (Å²) in [6, 6.07) is 7.34. The van der Waals surface area contributed by atoms with Crippen LogP contribution in [0.25, 0.3) is 0 Å². The van der Waals surface area contributed by atoms with Gasteiger partial charge in [-0.2, -0.15) is 0 Å². The lowest BCUT2D eigenvalue weighted by atomic mass is 9.94. The summed E-state index contributed by atoms with van der Waals surface area (Å²) >= 11 is 0. The van der Waals surface area contributed by atoms with Gasteiger partial charge in [0.1, 0.15) is 11.5 Å². The third-order valence-electron chi connectivity index (χ3n) is 4.51. The van der Waals surface area contributed by atoms with Crippen LogP contribution in [0.2, 0.25) is 0 Å². The molecule has 1 fully saturated rings. The molecule has 0 aliphatic carbocycles. The fourth-order valence-corrected chi connectivity index (χ4v) is 3.06. The summed E-state index contributed by atoms with van der Waals surface area (Å²) in [5.41, 5.74) is 0.914. The smallest absolute Gasteiger partial charge is 0.238 e. The molecular formula is C19H24N4O3. The maximum atomic E-state index is 12.0. The zero-order chi connectivity index (χ0) is 18.4. The molecule has 2 heterocycles. The van der Waals surface area contributed by atoms with Crippen molar-refractivity contribution in [2.24, 2.45) is 0 Å². The molecule has 0 atom stereocenters. The summed E-state index contributed by atoms with van der Waals surface area (Å²) in [6.07, 6.45) is 5.17. The number of benzene rings is 1. The molecule has 0 radical (unpaired) electrons. The van der Waals surface area contributed by atoms with Gasteiger partial charge in [0.2, 0.25) is 11.8 Å². The average molecular weight is 356 g/mol. The van der Waals surface area contributed by atoms with E-state index in [9.17, 15) is 4.79 Å². The lowest BCUT2D eigenvalue weighted by molar-refractivity contribution is -0.131. The molecule has 0 saturated carbocycles. The maximum absolute atomic E-state index is 12.0. The molecule has 1 aromatic carbocycles. The molecule has 0 bridgehead atoms. The van der Waals surface area contributed by atoms with E-state index in [-0.39, 0.29) is 5.91 Å². The lowest BCUT2D eigenvalue weighted by Gasteiger charge is -2.31. The van der Waals surface area contributed by atoms with Crippen LogP contribution >= 0.6 is 0 Å². The molecule has 138 valence electrons. The van der Waals surface area contributed by atoms with Gasteiger partial charge >= 0.3 is 0 Å². The number of aromatic nitrogens is 2. The van der Waals surface area contributed by atoms with Gasteiger partial charge in [0.05, 0.1) is 25.5 Å². The first-order valence-electron chi connectivity index (χ1n) is 8.76. The fourth-order valence-electron chi connectivity index (χ4n) is 3.06. The number of ether oxygens (including phenoxy) is 2. The number of piperidine rings is 1. The molecule has 1 N–H and O–H groups in total. The van der Waals surface area contributed by atoms with E-state index in [1.165, 1.54) is 0 Å². The number of carbonyl (C=O) groups is 1. The van der Waals surface area contributed by atoms with E-state index in [1.807, 2.05) is 29.2 Å². The molecular weight excluding hydrogens is 332 g/mol. The first kappa shape index (κ1) is 18.1. The Kier molecular flexibility index (Phi) is 6.01. The van der Waals surface area contributed by atoms with Gasteiger partial charge in [0.15, 0.2) is 0 Å². The number of likely N-dealkylation sites (tertiary alicyclic amines) is 1. The molecule has 7 nitrogen and oxygen atoms in total. The summed E-state index contributed by atoms with van der Waals surface area (Å²) in [6.45, 7) is 1.88. The molecule has 0 unspecified atom stereocenters. The number of hydrogen-bond donors (Lipinski definition) is 1. The third kappa shape index (κ3) is 4.49. The van der Waals surface area contributed by atoms with Crippen LogP contribution in [0.15, 0.2) is 36.7 Å². The highest BCUT2D eigenvalue weighted by molar-refractivity contribution is 5.78. The standard InChI is InChI=1S/C19H24N4O3/c1-20-13-19(24)23-9-7-14(8-10-23)17-11-21-12-18(22-17)26-16-5-3-15(25-2)4-6-16/h3-6,11-12,14,20H,7-10,13H2,1-2H3. The van der Waals surface area contributed by atoms with Gasteiger partial charge in [-0.05, 0) is 44.2 Å². The molecule has 3 rings (SSSR count). The zero-order valence-electron chi connectivity index (χ0n) is 15.1. The number of methoxy groups -OCH3 is 1. The summed E-state index contributed by atoms with van der Waals surface area (Å²) in [7, 11) is 3.41. The molecule has 2 aromatic rings. The topological polar surface area (TPSA) is 76.6 Å². The monoisotopic (exact) mass is 356 g/mol. The van der Waals surface area contributed by atoms with Gasteiger partial charge in [0, 0.05) is 25.2 Å². The third-order valence-corrected chi connectivity index (χ3v) is 4.51. The van der Waals surface area contributed by atoms with Crippen LogP contribution in [-0.4, -0.2) is 54.6 Å². The minimum atomic E-state index is 0.147. The number of carbonyl (C=O) groups excluding carboxylic acids is 1. The van der Waals surface area contributed by atoms with Crippen molar-refractivity contribution in [1.82, 2.24) is 20.2 Å². The summed E-state index contributed by atoms with van der Waals surface area (Å²) in [5, 5.41) is 2.91. The highest BCUT2D eigenvalue weighted by Gasteiger charge is 2.24. The predicted molar refractivity (Wildman–Crippen MR) is 97.6 cm³/mol. The molecule has 1 aliphatic heterocycles. The summed E-state index contributed by atoms with van der Waals surface area (Å²) < 4.78 is 10.9. The van der Waals surface area contributed by atoms with E-state index < -0.39 is 0 Å².